The van der Waals surface area contributed by atoms with Gasteiger partial charge in [0, 0.05) is 32.9 Å². The number of methoxy groups -OCH3 is 2. The van der Waals surface area contributed by atoms with Crippen molar-refractivity contribution in [1.82, 2.24) is 20.1 Å². The van der Waals surface area contributed by atoms with Crippen molar-refractivity contribution in [2.75, 3.05) is 39.7 Å². The predicted molar refractivity (Wildman–Crippen MR) is 97.6 cm³/mol. The zero-order valence-electron chi connectivity index (χ0n) is 14.6. The van der Waals surface area contributed by atoms with E-state index >= 15 is 0 Å². The minimum atomic E-state index is -0.0244. The zero-order chi connectivity index (χ0) is 17.9. The average molecular weight is 364 g/mol. The molecular weight excluding hydrogens is 340 g/mol. The molecule has 0 radical (unpaired) electrons. The first-order valence-electron chi connectivity index (χ1n) is 8.12. The number of aromatic nitrogens is 3. The van der Waals surface area contributed by atoms with Crippen LogP contribution in [0.5, 0.6) is 0 Å². The molecule has 0 atom stereocenters. The highest BCUT2D eigenvalue weighted by atomic mass is 32.2. The standard InChI is InChI=1S/C17H24N4O3S/c1-23-11-6-9-18-15(22)13-25-17-20-19-16(21(17)10-12-24-2)14-7-4-3-5-8-14/h3-5,7-8H,6,9-13H2,1-2H3,(H,18,22). The molecule has 0 bridgehead atoms. The van der Waals surface area contributed by atoms with E-state index in [0.29, 0.717) is 37.2 Å². The van der Waals surface area contributed by atoms with Crippen molar-refractivity contribution in [2.24, 2.45) is 0 Å². The number of ether oxygens (including phenoxy) is 2. The smallest absolute Gasteiger partial charge is 0.230 e. The summed E-state index contributed by atoms with van der Waals surface area (Å²) in [7, 11) is 3.31. The van der Waals surface area contributed by atoms with Crippen LogP contribution in [0.1, 0.15) is 6.42 Å². The fourth-order valence-corrected chi connectivity index (χ4v) is 3.00. The van der Waals surface area contributed by atoms with Crippen LogP contribution in [0.25, 0.3) is 11.4 Å². The van der Waals surface area contributed by atoms with Crippen molar-refractivity contribution in [1.29, 1.82) is 0 Å². The molecule has 2 aromatic rings. The van der Waals surface area contributed by atoms with E-state index in [1.54, 1.807) is 14.2 Å². The van der Waals surface area contributed by atoms with Crippen LogP contribution in [0.2, 0.25) is 0 Å². The molecule has 8 heteroatoms. The molecular formula is C17H24N4O3S. The first-order valence-corrected chi connectivity index (χ1v) is 9.10. The summed E-state index contributed by atoms with van der Waals surface area (Å²) in [6, 6.07) is 9.87. The SMILES string of the molecule is COCCCNC(=O)CSc1nnc(-c2ccccc2)n1CCOC. The van der Waals surface area contributed by atoms with Gasteiger partial charge in [-0.05, 0) is 6.42 Å². The van der Waals surface area contributed by atoms with Gasteiger partial charge >= 0.3 is 0 Å². The lowest BCUT2D eigenvalue weighted by atomic mass is 10.2. The topological polar surface area (TPSA) is 78.3 Å². The number of rotatable bonds is 11. The fourth-order valence-electron chi connectivity index (χ4n) is 2.21. The van der Waals surface area contributed by atoms with Crippen molar-refractivity contribution in [3.05, 3.63) is 30.3 Å². The largest absolute Gasteiger partial charge is 0.385 e. The van der Waals surface area contributed by atoms with E-state index in [4.69, 9.17) is 9.47 Å². The van der Waals surface area contributed by atoms with Gasteiger partial charge in [0.05, 0.1) is 18.9 Å². The number of nitrogens with one attached hydrogen (secondary N) is 1. The van der Waals surface area contributed by atoms with Crippen LogP contribution in [-0.4, -0.2) is 60.4 Å². The maximum atomic E-state index is 11.9. The third-order valence-corrected chi connectivity index (χ3v) is 4.41. The average Bonchev–Trinajstić information content (AvgIpc) is 3.05. The molecule has 1 N–H and O–H groups in total. The number of hydrogen-bond donors (Lipinski definition) is 1. The highest BCUT2D eigenvalue weighted by Crippen LogP contribution is 2.23. The van der Waals surface area contributed by atoms with Crippen molar-refractivity contribution in [2.45, 2.75) is 18.1 Å². The van der Waals surface area contributed by atoms with Crippen molar-refractivity contribution in [3.8, 4) is 11.4 Å². The van der Waals surface area contributed by atoms with Gasteiger partial charge in [-0.25, -0.2) is 0 Å². The molecule has 0 aliphatic heterocycles. The van der Waals surface area contributed by atoms with E-state index in [9.17, 15) is 4.79 Å². The number of carbonyl (C=O) groups excluding carboxylic acids is 1. The Kier molecular flexibility index (Phi) is 8.44. The number of carbonyl (C=O) groups is 1. The summed E-state index contributed by atoms with van der Waals surface area (Å²) in [5, 5.41) is 12.1. The van der Waals surface area contributed by atoms with Crippen LogP contribution < -0.4 is 5.32 Å². The lowest BCUT2D eigenvalue weighted by Gasteiger charge is -2.10. The Balaban J connectivity index is 2.00. The Morgan fingerprint density at radius 3 is 2.64 bits per heavy atom. The van der Waals surface area contributed by atoms with Gasteiger partial charge in [-0.1, -0.05) is 42.1 Å². The van der Waals surface area contributed by atoms with E-state index in [0.717, 1.165) is 17.8 Å². The van der Waals surface area contributed by atoms with E-state index in [-0.39, 0.29) is 5.91 Å². The molecule has 0 saturated heterocycles. The van der Waals surface area contributed by atoms with Crippen LogP contribution in [0.15, 0.2) is 35.5 Å². The normalized spacial score (nSPS) is 10.8. The number of hydrogen-bond acceptors (Lipinski definition) is 6. The first kappa shape index (κ1) is 19.4. The Bertz CT molecular complexity index is 649. The van der Waals surface area contributed by atoms with E-state index in [2.05, 4.69) is 15.5 Å². The molecule has 25 heavy (non-hydrogen) atoms. The van der Waals surface area contributed by atoms with Gasteiger partial charge in [0.1, 0.15) is 0 Å². The van der Waals surface area contributed by atoms with Gasteiger partial charge in [-0.15, -0.1) is 10.2 Å². The summed E-state index contributed by atoms with van der Waals surface area (Å²) in [6.07, 6.45) is 0.801. The highest BCUT2D eigenvalue weighted by Gasteiger charge is 2.15. The van der Waals surface area contributed by atoms with E-state index in [1.807, 2.05) is 34.9 Å². The van der Waals surface area contributed by atoms with Crippen LogP contribution in [0.4, 0.5) is 0 Å². The molecule has 0 spiro atoms. The van der Waals surface area contributed by atoms with E-state index < -0.39 is 0 Å². The zero-order valence-corrected chi connectivity index (χ0v) is 15.4. The predicted octanol–water partition coefficient (Wildman–Crippen LogP) is 1.84. The molecule has 0 fully saturated rings. The Hall–Kier alpha value is -1.90. The second-order valence-electron chi connectivity index (χ2n) is 5.30. The second kappa shape index (κ2) is 10.9. The first-order chi connectivity index (χ1) is 12.3. The molecule has 1 heterocycles. The number of benzene rings is 1. The third kappa shape index (κ3) is 6.15. The molecule has 2 rings (SSSR count). The number of nitrogens with zero attached hydrogens (tertiary/aromatic N) is 3. The summed E-state index contributed by atoms with van der Waals surface area (Å²) in [4.78, 5) is 11.9. The minimum absolute atomic E-state index is 0.0244. The summed E-state index contributed by atoms with van der Waals surface area (Å²) < 4.78 is 12.1. The summed E-state index contributed by atoms with van der Waals surface area (Å²) in [5.74, 6) is 1.05. The van der Waals surface area contributed by atoms with Gasteiger partial charge in [0.2, 0.25) is 5.91 Å². The molecule has 1 amide bonds. The molecule has 136 valence electrons. The third-order valence-electron chi connectivity index (χ3n) is 3.45. The van der Waals surface area contributed by atoms with Crippen molar-refractivity contribution < 1.29 is 14.3 Å². The summed E-state index contributed by atoms with van der Waals surface area (Å²) >= 11 is 1.38. The van der Waals surface area contributed by atoms with Gasteiger partial charge in [0.25, 0.3) is 0 Å². The molecule has 7 nitrogen and oxygen atoms in total. The lowest BCUT2D eigenvalue weighted by Crippen LogP contribution is -2.27. The van der Waals surface area contributed by atoms with Gasteiger partial charge < -0.3 is 14.8 Å². The quantitative estimate of drug-likeness (QED) is 0.484. The Morgan fingerprint density at radius 2 is 1.92 bits per heavy atom. The molecule has 0 aliphatic rings. The van der Waals surface area contributed by atoms with Crippen LogP contribution in [0, 0.1) is 0 Å². The Morgan fingerprint density at radius 1 is 1.16 bits per heavy atom. The molecule has 0 unspecified atom stereocenters. The minimum Gasteiger partial charge on any atom is -0.385 e. The van der Waals surface area contributed by atoms with Crippen LogP contribution >= 0.6 is 11.8 Å². The maximum absolute atomic E-state index is 11.9. The monoisotopic (exact) mass is 364 g/mol. The molecule has 1 aromatic heterocycles. The number of amides is 1. The summed E-state index contributed by atoms with van der Waals surface area (Å²) in [5.41, 5.74) is 0.988. The molecule has 0 saturated carbocycles. The van der Waals surface area contributed by atoms with Crippen molar-refractivity contribution >= 4 is 17.7 Å². The molecule has 1 aromatic carbocycles. The van der Waals surface area contributed by atoms with Gasteiger partial charge in [-0.3, -0.25) is 9.36 Å². The Labute approximate surface area is 152 Å². The van der Waals surface area contributed by atoms with Gasteiger partial charge in [-0.2, -0.15) is 0 Å². The highest BCUT2D eigenvalue weighted by molar-refractivity contribution is 7.99. The second-order valence-corrected chi connectivity index (χ2v) is 6.24. The fraction of sp³-hybridized carbons (Fsp3) is 0.471. The lowest BCUT2D eigenvalue weighted by molar-refractivity contribution is -0.118. The van der Waals surface area contributed by atoms with Crippen LogP contribution in [0.3, 0.4) is 0 Å². The summed E-state index contributed by atoms with van der Waals surface area (Å²) in [6.45, 7) is 2.43. The number of thioether (sulfide) groups is 1. The maximum Gasteiger partial charge on any atom is 0.230 e. The van der Waals surface area contributed by atoms with E-state index in [1.165, 1.54) is 11.8 Å². The molecule has 0 aliphatic carbocycles. The van der Waals surface area contributed by atoms with Crippen molar-refractivity contribution in [3.63, 3.8) is 0 Å². The van der Waals surface area contributed by atoms with Crippen LogP contribution in [-0.2, 0) is 20.8 Å². The van der Waals surface area contributed by atoms with Gasteiger partial charge in [0.15, 0.2) is 11.0 Å².